The Bertz CT molecular complexity index is 609. The second-order valence-electron chi connectivity index (χ2n) is 4.86. The summed E-state index contributed by atoms with van der Waals surface area (Å²) in [5, 5.41) is 7.52. The molecule has 0 unspecified atom stereocenters. The molecule has 2 amide bonds. The van der Waals surface area contributed by atoms with Crippen molar-refractivity contribution in [3.05, 3.63) is 52.2 Å². The number of nitrogens with one attached hydrogen (secondary N) is 2. The third-order valence-electron chi connectivity index (χ3n) is 3.05. The smallest absolute Gasteiger partial charge is 0.261 e. The summed E-state index contributed by atoms with van der Waals surface area (Å²) in [6, 6.07) is 10.9. The Balaban J connectivity index is 1.59. The average Bonchev–Trinajstić information content (AvgIpc) is 3.03. The lowest BCUT2D eigenvalue weighted by molar-refractivity contribution is -0.120. The van der Waals surface area contributed by atoms with Crippen LogP contribution in [0.4, 0.5) is 5.69 Å². The number of carbonyl (C=O) groups excluding carboxylic acids is 2. The SMILES string of the molecule is Nc1ccc(CC(=O)NCCCNC(=O)c2cccs2)cc1. The standard InChI is InChI=1S/C16H19N3O2S/c17-13-6-4-12(5-7-13)11-15(20)18-8-2-9-19-16(21)14-3-1-10-22-14/h1,3-7,10H,2,8-9,11,17H2,(H,18,20)(H,19,21). The molecule has 116 valence electrons. The van der Waals surface area contributed by atoms with Gasteiger partial charge in [-0.2, -0.15) is 0 Å². The van der Waals surface area contributed by atoms with Gasteiger partial charge in [0.2, 0.25) is 5.91 Å². The van der Waals surface area contributed by atoms with Gasteiger partial charge in [0.15, 0.2) is 0 Å². The molecule has 0 bridgehead atoms. The van der Waals surface area contributed by atoms with Crippen molar-refractivity contribution >= 4 is 28.8 Å². The van der Waals surface area contributed by atoms with Crippen molar-refractivity contribution in [2.75, 3.05) is 18.8 Å². The fraction of sp³-hybridized carbons (Fsp3) is 0.250. The maximum absolute atomic E-state index is 11.8. The van der Waals surface area contributed by atoms with Crippen molar-refractivity contribution in [3.63, 3.8) is 0 Å². The number of nitrogen functional groups attached to an aromatic ring is 1. The molecule has 1 aromatic heterocycles. The second kappa shape index (κ2) is 8.19. The van der Waals surface area contributed by atoms with Crippen LogP contribution in [0.3, 0.4) is 0 Å². The van der Waals surface area contributed by atoms with Gasteiger partial charge in [0.05, 0.1) is 11.3 Å². The highest BCUT2D eigenvalue weighted by Crippen LogP contribution is 2.07. The van der Waals surface area contributed by atoms with Gasteiger partial charge in [-0.15, -0.1) is 11.3 Å². The molecule has 4 N–H and O–H groups in total. The zero-order valence-corrected chi connectivity index (χ0v) is 13.0. The molecule has 0 saturated carbocycles. The van der Waals surface area contributed by atoms with Crippen molar-refractivity contribution in [1.82, 2.24) is 10.6 Å². The van der Waals surface area contributed by atoms with Crippen LogP contribution in [0.25, 0.3) is 0 Å². The molecule has 0 fully saturated rings. The quantitative estimate of drug-likeness (QED) is 0.538. The first-order valence-electron chi connectivity index (χ1n) is 7.08. The van der Waals surface area contributed by atoms with Crippen molar-refractivity contribution in [2.24, 2.45) is 0 Å². The minimum atomic E-state index is -0.0665. The molecule has 0 aliphatic carbocycles. The molecule has 0 saturated heterocycles. The van der Waals surface area contributed by atoms with E-state index in [9.17, 15) is 9.59 Å². The maximum Gasteiger partial charge on any atom is 0.261 e. The Labute approximate surface area is 133 Å². The fourth-order valence-electron chi connectivity index (χ4n) is 1.90. The van der Waals surface area contributed by atoms with Crippen LogP contribution >= 0.6 is 11.3 Å². The molecule has 22 heavy (non-hydrogen) atoms. The molecule has 0 radical (unpaired) electrons. The first kappa shape index (κ1) is 16.0. The van der Waals surface area contributed by atoms with Crippen LogP contribution < -0.4 is 16.4 Å². The third kappa shape index (κ3) is 5.21. The fourth-order valence-corrected chi connectivity index (χ4v) is 2.54. The summed E-state index contributed by atoms with van der Waals surface area (Å²) in [5.41, 5.74) is 7.21. The average molecular weight is 317 g/mol. The summed E-state index contributed by atoms with van der Waals surface area (Å²) in [6.45, 7) is 1.08. The number of rotatable bonds is 7. The second-order valence-corrected chi connectivity index (χ2v) is 5.80. The minimum absolute atomic E-state index is 0.0330. The van der Waals surface area contributed by atoms with Gasteiger partial charge < -0.3 is 16.4 Å². The van der Waals surface area contributed by atoms with Crippen LogP contribution in [0.5, 0.6) is 0 Å². The molecule has 2 rings (SSSR count). The summed E-state index contributed by atoms with van der Waals surface area (Å²) >= 11 is 1.41. The normalized spacial score (nSPS) is 10.2. The highest BCUT2D eigenvalue weighted by molar-refractivity contribution is 7.12. The molecule has 5 nitrogen and oxygen atoms in total. The Morgan fingerprint density at radius 3 is 2.45 bits per heavy atom. The van der Waals surface area contributed by atoms with Gasteiger partial charge in [-0.05, 0) is 35.6 Å². The summed E-state index contributed by atoms with van der Waals surface area (Å²) < 4.78 is 0. The zero-order valence-electron chi connectivity index (χ0n) is 12.2. The number of anilines is 1. The highest BCUT2D eigenvalue weighted by Gasteiger charge is 2.05. The molecule has 0 atom stereocenters. The van der Waals surface area contributed by atoms with E-state index in [2.05, 4.69) is 10.6 Å². The van der Waals surface area contributed by atoms with E-state index in [0.29, 0.717) is 36.5 Å². The van der Waals surface area contributed by atoms with Crippen molar-refractivity contribution in [1.29, 1.82) is 0 Å². The first-order valence-corrected chi connectivity index (χ1v) is 7.96. The van der Waals surface area contributed by atoms with Crippen molar-refractivity contribution in [3.8, 4) is 0 Å². The van der Waals surface area contributed by atoms with E-state index in [1.54, 1.807) is 18.2 Å². The van der Waals surface area contributed by atoms with Crippen molar-refractivity contribution < 1.29 is 9.59 Å². The van der Waals surface area contributed by atoms with Gasteiger partial charge in [-0.3, -0.25) is 9.59 Å². The topological polar surface area (TPSA) is 84.2 Å². The van der Waals surface area contributed by atoms with E-state index in [1.165, 1.54) is 11.3 Å². The van der Waals surface area contributed by atoms with E-state index < -0.39 is 0 Å². The Kier molecular flexibility index (Phi) is 5.97. The maximum atomic E-state index is 11.8. The van der Waals surface area contributed by atoms with E-state index in [1.807, 2.05) is 23.6 Å². The predicted octanol–water partition coefficient (Wildman–Crippen LogP) is 1.81. The Morgan fingerprint density at radius 2 is 1.77 bits per heavy atom. The number of thiophene rings is 1. The van der Waals surface area contributed by atoms with Crippen LogP contribution in [0.2, 0.25) is 0 Å². The van der Waals surface area contributed by atoms with Crippen LogP contribution in [-0.4, -0.2) is 24.9 Å². The lowest BCUT2D eigenvalue weighted by Crippen LogP contribution is -2.30. The number of amides is 2. The lowest BCUT2D eigenvalue weighted by atomic mass is 10.1. The van der Waals surface area contributed by atoms with Gasteiger partial charge in [0.25, 0.3) is 5.91 Å². The van der Waals surface area contributed by atoms with Gasteiger partial charge in [-0.25, -0.2) is 0 Å². The summed E-state index contributed by atoms with van der Waals surface area (Å²) in [7, 11) is 0. The van der Waals surface area contributed by atoms with Crippen LogP contribution in [0.15, 0.2) is 41.8 Å². The number of benzene rings is 1. The highest BCUT2D eigenvalue weighted by atomic mass is 32.1. The largest absolute Gasteiger partial charge is 0.399 e. The molecule has 0 spiro atoms. The summed E-state index contributed by atoms with van der Waals surface area (Å²) in [4.78, 5) is 24.1. The van der Waals surface area contributed by atoms with E-state index in [4.69, 9.17) is 5.73 Å². The van der Waals surface area contributed by atoms with Crippen LogP contribution in [0.1, 0.15) is 21.7 Å². The van der Waals surface area contributed by atoms with Gasteiger partial charge >= 0.3 is 0 Å². The van der Waals surface area contributed by atoms with Gasteiger partial charge in [-0.1, -0.05) is 18.2 Å². The van der Waals surface area contributed by atoms with Gasteiger partial charge in [0.1, 0.15) is 0 Å². The predicted molar refractivity (Wildman–Crippen MR) is 88.8 cm³/mol. The first-order chi connectivity index (χ1) is 10.6. The van der Waals surface area contributed by atoms with Crippen molar-refractivity contribution in [2.45, 2.75) is 12.8 Å². The molecule has 1 heterocycles. The summed E-state index contributed by atoms with van der Waals surface area (Å²) in [5.74, 6) is -0.0995. The Hall–Kier alpha value is -2.34. The molecule has 0 aliphatic heterocycles. The number of nitrogens with two attached hydrogens (primary N) is 1. The number of hydrogen-bond donors (Lipinski definition) is 3. The van der Waals surface area contributed by atoms with E-state index in [0.717, 1.165) is 5.56 Å². The van der Waals surface area contributed by atoms with Crippen LogP contribution in [-0.2, 0) is 11.2 Å². The minimum Gasteiger partial charge on any atom is -0.399 e. The molecule has 0 aliphatic rings. The lowest BCUT2D eigenvalue weighted by Gasteiger charge is -2.06. The third-order valence-corrected chi connectivity index (χ3v) is 3.92. The Morgan fingerprint density at radius 1 is 1.05 bits per heavy atom. The molecule has 1 aromatic carbocycles. The van der Waals surface area contributed by atoms with Gasteiger partial charge in [0, 0.05) is 18.8 Å². The van der Waals surface area contributed by atoms with E-state index in [-0.39, 0.29) is 11.8 Å². The molecule has 6 heteroatoms. The summed E-state index contributed by atoms with van der Waals surface area (Å²) in [6.07, 6.45) is 1.03. The molecular weight excluding hydrogens is 298 g/mol. The molecular formula is C16H19N3O2S. The zero-order chi connectivity index (χ0) is 15.8. The monoisotopic (exact) mass is 317 g/mol. The van der Waals surface area contributed by atoms with E-state index >= 15 is 0 Å². The number of carbonyl (C=O) groups is 2. The number of hydrogen-bond acceptors (Lipinski definition) is 4. The molecule has 2 aromatic rings. The van der Waals surface area contributed by atoms with Crippen LogP contribution in [0, 0.1) is 0 Å².